The molecule has 1 heterocycles. The summed E-state index contributed by atoms with van der Waals surface area (Å²) in [5.74, 6) is 6.06. The average Bonchev–Trinajstić information content (AvgIpc) is 2.47. The second-order valence-corrected chi connectivity index (χ2v) is 4.36. The van der Waals surface area contributed by atoms with Gasteiger partial charge < -0.3 is 14.9 Å². The van der Waals surface area contributed by atoms with E-state index < -0.39 is 0 Å². The summed E-state index contributed by atoms with van der Waals surface area (Å²) >= 11 is 0. The molecule has 0 unspecified atom stereocenters. The van der Waals surface area contributed by atoms with Crippen LogP contribution in [0.3, 0.4) is 0 Å². The van der Waals surface area contributed by atoms with Crippen LogP contribution in [0, 0.1) is 0 Å². The maximum atomic E-state index is 5.43. The lowest BCUT2D eigenvalue weighted by atomic mass is 10.2. The molecule has 0 aliphatic carbocycles. The van der Waals surface area contributed by atoms with Crippen molar-refractivity contribution in [3.63, 3.8) is 0 Å². The van der Waals surface area contributed by atoms with Crippen molar-refractivity contribution in [3.8, 4) is 0 Å². The number of hydrazine groups is 1. The maximum Gasteiger partial charge on any atom is 0.140 e. The summed E-state index contributed by atoms with van der Waals surface area (Å²) in [6, 6.07) is 3.95. The number of nitrogens with zero attached hydrogens (tertiary/aromatic N) is 2. The zero-order valence-electron chi connectivity index (χ0n) is 12.5. The standard InChI is InChI=1S/C14H26N4O2/c1-3-19-9-7-18(8-10-20-4-2)12-13-5-6-16-14(11-13)17-15/h5-6,11H,3-4,7-10,12,15H2,1-2H3,(H,16,17). The van der Waals surface area contributed by atoms with Crippen LogP contribution in [0.15, 0.2) is 18.3 Å². The summed E-state index contributed by atoms with van der Waals surface area (Å²) < 4.78 is 10.9. The molecule has 114 valence electrons. The van der Waals surface area contributed by atoms with Crippen molar-refractivity contribution in [1.29, 1.82) is 0 Å². The van der Waals surface area contributed by atoms with E-state index in [0.29, 0.717) is 5.82 Å². The van der Waals surface area contributed by atoms with Crippen LogP contribution in [-0.2, 0) is 16.0 Å². The topological polar surface area (TPSA) is 72.6 Å². The Bertz CT molecular complexity index is 353. The van der Waals surface area contributed by atoms with Crippen LogP contribution in [0.5, 0.6) is 0 Å². The molecule has 0 radical (unpaired) electrons. The lowest BCUT2D eigenvalue weighted by Crippen LogP contribution is -2.30. The zero-order valence-corrected chi connectivity index (χ0v) is 12.5. The van der Waals surface area contributed by atoms with Crippen molar-refractivity contribution in [2.45, 2.75) is 20.4 Å². The first-order valence-electron chi connectivity index (χ1n) is 7.09. The van der Waals surface area contributed by atoms with Crippen LogP contribution in [-0.4, -0.2) is 49.4 Å². The molecule has 1 aromatic rings. The number of nitrogens with one attached hydrogen (secondary N) is 1. The van der Waals surface area contributed by atoms with Gasteiger partial charge in [-0.3, -0.25) is 4.90 Å². The molecule has 3 N–H and O–H groups in total. The molecule has 0 aliphatic rings. The Labute approximate surface area is 121 Å². The first-order valence-corrected chi connectivity index (χ1v) is 7.09. The monoisotopic (exact) mass is 282 g/mol. The van der Waals surface area contributed by atoms with Gasteiger partial charge in [0.1, 0.15) is 5.82 Å². The lowest BCUT2D eigenvalue weighted by molar-refractivity contribution is 0.0798. The molecule has 1 rings (SSSR count). The summed E-state index contributed by atoms with van der Waals surface area (Å²) in [6.07, 6.45) is 1.76. The first kappa shape index (κ1) is 16.8. The lowest BCUT2D eigenvalue weighted by Gasteiger charge is -2.22. The highest BCUT2D eigenvalue weighted by Gasteiger charge is 2.07. The third-order valence-corrected chi connectivity index (χ3v) is 2.89. The quantitative estimate of drug-likeness (QED) is 0.361. The Morgan fingerprint density at radius 2 is 1.85 bits per heavy atom. The van der Waals surface area contributed by atoms with Gasteiger partial charge in [-0.2, -0.15) is 0 Å². The summed E-state index contributed by atoms with van der Waals surface area (Å²) in [7, 11) is 0. The van der Waals surface area contributed by atoms with Crippen molar-refractivity contribution in [3.05, 3.63) is 23.9 Å². The Balaban J connectivity index is 2.51. The fraction of sp³-hybridized carbons (Fsp3) is 0.643. The van der Waals surface area contributed by atoms with Crippen molar-refractivity contribution < 1.29 is 9.47 Å². The normalized spacial score (nSPS) is 11.0. The van der Waals surface area contributed by atoms with E-state index in [1.165, 1.54) is 5.56 Å². The molecule has 0 fully saturated rings. The Morgan fingerprint density at radius 3 is 2.40 bits per heavy atom. The van der Waals surface area contributed by atoms with Crippen molar-refractivity contribution in [1.82, 2.24) is 9.88 Å². The minimum atomic E-state index is 0.678. The van der Waals surface area contributed by atoms with Crippen molar-refractivity contribution in [2.24, 2.45) is 5.84 Å². The Hall–Kier alpha value is -1.21. The van der Waals surface area contributed by atoms with E-state index in [1.54, 1.807) is 6.20 Å². The number of anilines is 1. The van der Waals surface area contributed by atoms with E-state index in [-0.39, 0.29) is 0 Å². The number of hydrogen-bond acceptors (Lipinski definition) is 6. The van der Waals surface area contributed by atoms with Crippen LogP contribution in [0.25, 0.3) is 0 Å². The molecule has 0 saturated heterocycles. The smallest absolute Gasteiger partial charge is 0.140 e. The number of pyridine rings is 1. The average molecular weight is 282 g/mol. The van der Waals surface area contributed by atoms with Gasteiger partial charge in [-0.25, -0.2) is 10.8 Å². The molecular weight excluding hydrogens is 256 g/mol. The molecule has 1 aromatic heterocycles. The molecular formula is C14H26N4O2. The predicted molar refractivity (Wildman–Crippen MR) is 80.3 cm³/mol. The number of hydrogen-bond donors (Lipinski definition) is 2. The van der Waals surface area contributed by atoms with Gasteiger partial charge in [-0.05, 0) is 31.5 Å². The van der Waals surface area contributed by atoms with Gasteiger partial charge in [-0.15, -0.1) is 0 Å². The SMILES string of the molecule is CCOCCN(CCOCC)Cc1ccnc(NN)c1. The molecule has 0 spiro atoms. The Kier molecular flexibility index (Phi) is 8.90. The third-order valence-electron chi connectivity index (χ3n) is 2.89. The molecule has 0 saturated carbocycles. The van der Waals surface area contributed by atoms with Gasteiger partial charge in [0.25, 0.3) is 0 Å². The van der Waals surface area contributed by atoms with E-state index in [2.05, 4.69) is 15.3 Å². The number of aromatic nitrogens is 1. The summed E-state index contributed by atoms with van der Waals surface area (Å²) in [5.41, 5.74) is 3.73. The molecule has 6 nitrogen and oxygen atoms in total. The van der Waals surface area contributed by atoms with Gasteiger partial charge in [-0.1, -0.05) is 0 Å². The van der Waals surface area contributed by atoms with E-state index in [9.17, 15) is 0 Å². The highest BCUT2D eigenvalue weighted by Crippen LogP contribution is 2.08. The van der Waals surface area contributed by atoms with Gasteiger partial charge >= 0.3 is 0 Å². The van der Waals surface area contributed by atoms with Gasteiger partial charge in [0, 0.05) is 39.0 Å². The molecule has 0 aliphatic heterocycles. The van der Waals surface area contributed by atoms with Crippen molar-refractivity contribution >= 4 is 5.82 Å². The summed E-state index contributed by atoms with van der Waals surface area (Å²) in [5, 5.41) is 0. The minimum absolute atomic E-state index is 0.678. The van der Waals surface area contributed by atoms with E-state index >= 15 is 0 Å². The maximum absolute atomic E-state index is 5.43. The number of nitrogen functional groups attached to an aromatic ring is 1. The first-order chi connectivity index (χ1) is 9.80. The summed E-state index contributed by atoms with van der Waals surface area (Å²) in [6.45, 7) is 9.57. The zero-order chi connectivity index (χ0) is 14.6. The van der Waals surface area contributed by atoms with Gasteiger partial charge in [0.2, 0.25) is 0 Å². The van der Waals surface area contributed by atoms with Gasteiger partial charge in [0.05, 0.1) is 13.2 Å². The molecule has 0 aromatic carbocycles. The molecule has 20 heavy (non-hydrogen) atoms. The summed E-state index contributed by atoms with van der Waals surface area (Å²) in [4.78, 5) is 6.42. The van der Waals surface area contributed by atoms with Crippen LogP contribution in [0.1, 0.15) is 19.4 Å². The fourth-order valence-corrected chi connectivity index (χ4v) is 1.86. The largest absolute Gasteiger partial charge is 0.380 e. The van der Waals surface area contributed by atoms with Gasteiger partial charge in [0.15, 0.2) is 0 Å². The fourth-order valence-electron chi connectivity index (χ4n) is 1.86. The van der Waals surface area contributed by atoms with E-state index in [1.807, 2.05) is 26.0 Å². The predicted octanol–water partition coefficient (Wildman–Crippen LogP) is 1.24. The second-order valence-electron chi connectivity index (χ2n) is 4.36. The van der Waals surface area contributed by atoms with Crippen LogP contribution >= 0.6 is 0 Å². The third kappa shape index (κ3) is 6.81. The second kappa shape index (κ2) is 10.6. The van der Waals surface area contributed by atoms with E-state index in [0.717, 1.165) is 46.1 Å². The number of nitrogens with two attached hydrogens (primary N) is 1. The minimum Gasteiger partial charge on any atom is -0.380 e. The number of ether oxygens (including phenoxy) is 2. The Morgan fingerprint density at radius 1 is 1.20 bits per heavy atom. The van der Waals surface area contributed by atoms with E-state index in [4.69, 9.17) is 15.3 Å². The molecule has 0 amide bonds. The highest BCUT2D eigenvalue weighted by molar-refractivity contribution is 5.35. The van der Waals surface area contributed by atoms with Crippen LogP contribution < -0.4 is 11.3 Å². The van der Waals surface area contributed by atoms with Crippen molar-refractivity contribution in [2.75, 3.05) is 44.9 Å². The highest BCUT2D eigenvalue weighted by atomic mass is 16.5. The molecule has 0 bridgehead atoms. The molecule has 0 atom stereocenters. The number of rotatable bonds is 11. The molecule has 6 heteroatoms. The van der Waals surface area contributed by atoms with Crippen LogP contribution in [0.2, 0.25) is 0 Å². The van der Waals surface area contributed by atoms with Crippen LogP contribution in [0.4, 0.5) is 5.82 Å².